The van der Waals surface area contributed by atoms with Crippen molar-refractivity contribution >= 4 is 12.2 Å². The summed E-state index contributed by atoms with van der Waals surface area (Å²) in [4.78, 5) is 6.20. The van der Waals surface area contributed by atoms with Crippen LogP contribution < -0.4 is 0 Å². The maximum Gasteiger partial charge on any atom is 0.103 e. The van der Waals surface area contributed by atoms with E-state index in [-0.39, 0.29) is 0 Å². The van der Waals surface area contributed by atoms with Gasteiger partial charge in [0.25, 0.3) is 0 Å². The fourth-order valence-electron chi connectivity index (χ4n) is 1.10. The van der Waals surface area contributed by atoms with Gasteiger partial charge in [0, 0.05) is 6.20 Å². The van der Waals surface area contributed by atoms with Crippen LogP contribution in [0.5, 0.6) is 0 Å². The van der Waals surface area contributed by atoms with Gasteiger partial charge in [-0.25, -0.2) is 0 Å². The lowest BCUT2D eigenvalue weighted by molar-refractivity contribution is 1.26. The van der Waals surface area contributed by atoms with Crippen molar-refractivity contribution in [3.63, 3.8) is 0 Å². The first-order valence-corrected chi connectivity index (χ1v) is 4.10. The normalized spacial score (nSPS) is 10.0. The molecule has 2 aromatic rings. The summed E-state index contributed by atoms with van der Waals surface area (Å²) in [7, 11) is 0. The number of H-pyrrole nitrogens is 2. The van der Waals surface area contributed by atoms with Crippen LogP contribution >= 0.6 is 12.2 Å². The first-order chi connectivity index (χ1) is 5.86. The lowest BCUT2D eigenvalue weighted by atomic mass is 10.3. The van der Waals surface area contributed by atoms with Gasteiger partial charge in [0.1, 0.15) is 4.64 Å². The van der Waals surface area contributed by atoms with Crippen molar-refractivity contribution < 1.29 is 0 Å². The zero-order chi connectivity index (χ0) is 8.39. The summed E-state index contributed by atoms with van der Waals surface area (Å²) in [6, 6.07) is 9.75. The Morgan fingerprint density at radius 1 is 1.00 bits per heavy atom. The van der Waals surface area contributed by atoms with Gasteiger partial charge in [0.15, 0.2) is 0 Å². The third-order valence-electron chi connectivity index (χ3n) is 1.66. The van der Waals surface area contributed by atoms with Gasteiger partial charge in [-0.05, 0) is 24.3 Å². The smallest absolute Gasteiger partial charge is 0.103 e. The molecule has 0 aromatic carbocycles. The van der Waals surface area contributed by atoms with Crippen LogP contribution in [0.25, 0.3) is 11.4 Å². The maximum absolute atomic E-state index is 5.00. The molecule has 0 saturated carbocycles. The lowest BCUT2D eigenvalue weighted by Gasteiger charge is -1.96. The van der Waals surface area contributed by atoms with Crippen LogP contribution in [0.15, 0.2) is 36.5 Å². The Kier molecular flexibility index (Phi) is 1.80. The zero-order valence-electron chi connectivity index (χ0n) is 6.37. The summed E-state index contributed by atoms with van der Waals surface area (Å²) < 4.78 is 0.752. The Hall–Kier alpha value is -1.35. The Balaban J connectivity index is 2.55. The van der Waals surface area contributed by atoms with Gasteiger partial charge in [0.2, 0.25) is 0 Å². The van der Waals surface area contributed by atoms with E-state index >= 15 is 0 Å². The van der Waals surface area contributed by atoms with Crippen molar-refractivity contribution in [1.29, 1.82) is 0 Å². The highest BCUT2D eigenvalue weighted by Crippen LogP contribution is 2.12. The number of rotatable bonds is 1. The summed E-state index contributed by atoms with van der Waals surface area (Å²) in [6.07, 6.45) is 1.89. The minimum Gasteiger partial charge on any atom is -0.360 e. The van der Waals surface area contributed by atoms with Gasteiger partial charge in [-0.3, -0.25) is 0 Å². The van der Waals surface area contributed by atoms with E-state index < -0.39 is 0 Å². The predicted octanol–water partition coefficient (Wildman–Crippen LogP) is 2.74. The second-order valence-corrected chi connectivity index (χ2v) is 2.95. The Labute approximate surface area is 75.3 Å². The van der Waals surface area contributed by atoms with Crippen molar-refractivity contribution in [2.45, 2.75) is 0 Å². The van der Waals surface area contributed by atoms with Crippen LogP contribution in [-0.2, 0) is 0 Å². The zero-order valence-corrected chi connectivity index (χ0v) is 7.19. The minimum absolute atomic E-state index is 0.752. The van der Waals surface area contributed by atoms with E-state index in [9.17, 15) is 0 Å². The van der Waals surface area contributed by atoms with Crippen LogP contribution in [-0.4, -0.2) is 9.97 Å². The van der Waals surface area contributed by atoms with Crippen LogP contribution in [0.2, 0.25) is 0 Å². The molecule has 2 nitrogen and oxygen atoms in total. The molecule has 0 amide bonds. The van der Waals surface area contributed by atoms with E-state index in [0.29, 0.717) is 0 Å². The second-order valence-electron chi connectivity index (χ2n) is 2.51. The molecule has 0 atom stereocenters. The predicted molar refractivity (Wildman–Crippen MR) is 51.4 cm³/mol. The summed E-state index contributed by atoms with van der Waals surface area (Å²) in [5.74, 6) is 0. The molecule has 2 aromatic heterocycles. The van der Waals surface area contributed by atoms with E-state index in [4.69, 9.17) is 12.2 Å². The molecule has 2 rings (SSSR count). The Morgan fingerprint density at radius 2 is 1.83 bits per heavy atom. The number of hydrogen-bond donors (Lipinski definition) is 2. The van der Waals surface area contributed by atoms with E-state index in [1.54, 1.807) is 0 Å². The second kappa shape index (κ2) is 2.95. The van der Waals surface area contributed by atoms with E-state index in [1.807, 2.05) is 36.5 Å². The van der Waals surface area contributed by atoms with Crippen LogP contribution in [0.3, 0.4) is 0 Å². The molecule has 0 fully saturated rings. The highest BCUT2D eigenvalue weighted by Gasteiger charge is 1.94. The van der Waals surface area contributed by atoms with Crippen LogP contribution in [0.1, 0.15) is 0 Å². The molecule has 2 heterocycles. The fraction of sp³-hybridized carbons (Fsp3) is 0. The molecule has 0 aliphatic rings. The number of pyridine rings is 1. The maximum atomic E-state index is 5.00. The van der Waals surface area contributed by atoms with Crippen molar-refractivity contribution in [3.8, 4) is 11.4 Å². The summed E-state index contributed by atoms with van der Waals surface area (Å²) >= 11 is 5.00. The first kappa shape index (κ1) is 7.31. The third kappa shape index (κ3) is 1.31. The minimum atomic E-state index is 0.752. The molecular formula is C9H8N2S. The average molecular weight is 176 g/mol. The summed E-state index contributed by atoms with van der Waals surface area (Å²) in [6.45, 7) is 0. The van der Waals surface area contributed by atoms with Crippen LogP contribution in [0, 0.1) is 4.64 Å². The van der Waals surface area contributed by atoms with E-state index in [0.717, 1.165) is 16.0 Å². The highest BCUT2D eigenvalue weighted by atomic mass is 32.1. The number of aromatic amines is 2. The Morgan fingerprint density at radius 3 is 2.50 bits per heavy atom. The third-order valence-corrected chi connectivity index (χ3v) is 1.89. The highest BCUT2D eigenvalue weighted by molar-refractivity contribution is 7.71. The summed E-state index contributed by atoms with van der Waals surface area (Å²) in [5, 5.41) is 0. The number of hydrogen-bond acceptors (Lipinski definition) is 1. The van der Waals surface area contributed by atoms with Crippen molar-refractivity contribution in [1.82, 2.24) is 9.97 Å². The molecule has 0 aliphatic heterocycles. The molecule has 0 spiro atoms. The molecule has 3 heteroatoms. The number of nitrogens with one attached hydrogen (secondary N) is 2. The molecule has 0 bridgehead atoms. The van der Waals surface area contributed by atoms with Crippen molar-refractivity contribution in [2.75, 3.05) is 0 Å². The first-order valence-electron chi connectivity index (χ1n) is 3.69. The molecule has 0 aliphatic carbocycles. The quantitative estimate of drug-likeness (QED) is 0.643. The SMILES string of the molecule is S=c1cccc(-c2ccc[nH]2)[nH]1. The van der Waals surface area contributed by atoms with Crippen molar-refractivity contribution in [3.05, 3.63) is 41.2 Å². The molecule has 12 heavy (non-hydrogen) atoms. The van der Waals surface area contributed by atoms with Gasteiger partial charge in [-0.1, -0.05) is 18.3 Å². The number of aromatic nitrogens is 2. The molecule has 60 valence electrons. The average Bonchev–Trinajstić information content (AvgIpc) is 2.56. The molecule has 0 unspecified atom stereocenters. The molecular weight excluding hydrogens is 168 g/mol. The molecule has 0 saturated heterocycles. The fourth-order valence-corrected chi connectivity index (χ4v) is 1.29. The van der Waals surface area contributed by atoms with Gasteiger partial charge in [-0.15, -0.1) is 0 Å². The topological polar surface area (TPSA) is 31.6 Å². The largest absolute Gasteiger partial charge is 0.360 e. The van der Waals surface area contributed by atoms with E-state index in [1.165, 1.54) is 0 Å². The van der Waals surface area contributed by atoms with Gasteiger partial charge >= 0.3 is 0 Å². The lowest BCUT2D eigenvalue weighted by Crippen LogP contribution is -1.81. The molecule has 2 N–H and O–H groups in total. The van der Waals surface area contributed by atoms with Gasteiger partial charge in [0.05, 0.1) is 11.4 Å². The van der Waals surface area contributed by atoms with Crippen molar-refractivity contribution in [2.24, 2.45) is 0 Å². The van der Waals surface area contributed by atoms with E-state index in [2.05, 4.69) is 9.97 Å². The molecule has 0 radical (unpaired) electrons. The standard InChI is InChI=1S/C9H8N2S/c12-9-5-1-3-8(11-9)7-4-2-6-10-7/h1-6,10H,(H,11,12). The van der Waals surface area contributed by atoms with Crippen LogP contribution in [0.4, 0.5) is 0 Å². The Bertz CT molecular complexity index is 414. The van der Waals surface area contributed by atoms with Gasteiger partial charge in [-0.2, -0.15) is 0 Å². The summed E-state index contributed by atoms with van der Waals surface area (Å²) in [5.41, 5.74) is 2.08. The monoisotopic (exact) mass is 176 g/mol. The van der Waals surface area contributed by atoms with Gasteiger partial charge < -0.3 is 9.97 Å².